The molecule has 0 bridgehead atoms. The molecule has 0 radical (unpaired) electrons. The highest BCUT2D eigenvalue weighted by Gasteiger charge is 2.50. The van der Waals surface area contributed by atoms with Gasteiger partial charge in [-0.05, 0) is 0 Å². The van der Waals surface area contributed by atoms with Crippen molar-refractivity contribution in [1.82, 2.24) is 10.2 Å². The maximum absolute atomic E-state index is 12.8. The van der Waals surface area contributed by atoms with E-state index in [2.05, 4.69) is 0 Å². The van der Waals surface area contributed by atoms with Crippen molar-refractivity contribution in [1.29, 1.82) is 0 Å². The summed E-state index contributed by atoms with van der Waals surface area (Å²) in [7, 11) is 0. The molecule has 2 rings (SSSR count). The zero-order valence-corrected chi connectivity index (χ0v) is 6.72. The van der Waals surface area contributed by atoms with Crippen molar-refractivity contribution in [2.24, 2.45) is 0 Å². The van der Waals surface area contributed by atoms with Gasteiger partial charge in [-0.25, -0.2) is 8.78 Å². The summed E-state index contributed by atoms with van der Waals surface area (Å²) in [4.78, 5) is 23.1. The third-order valence-electron chi connectivity index (χ3n) is 2.28. The molecular weight excluding hydrogens is 182 g/mol. The van der Waals surface area contributed by atoms with E-state index in [1.165, 1.54) is 4.90 Å². The standard InChI is InChI=1S/C7H8F2N2O2/c8-7(9)1-4-6(13)10-5(12)2-11(4)3-7/h4H,1-3H2,(H,10,12,13)/t4-/m0/s1. The van der Waals surface area contributed by atoms with Crippen LogP contribution in [0.5, 0.6) is 0 Å². The Hall–Kier alpha value is -1.04. The Morgan fingerprint density at radius 1 is 1.46 bits per heavy atom. The minimum atomic E-state index is -2.84. The first kappa shape index (κ1) is 8.55. The van der Waals surface area contributed by atoms with Crippen LogP contribution in [-0.4, -0.2) is 41.8 Å². The van der Waals surface area contributed by atoms with Crippen LogP contribution in [0.1, 0.15) is 6.42 Å². The number of alkyl halides is 2. The second-order valence-corrected chi connectivity index (χ2v) is 3.39. The molecule has 0 unspecified atom stereocenters. The van der Waals surface area contributed by atoms with E-state index in [1.54, 1.807) is 0 Å². The predicted molar refractivity (Wildman–Crippen MR) is 38.1 cm³/mol. The largest absolute Gasteiger partial charge is 0.294 e. The number of carbonyl (C=O) groups excluding carboxylic acids is 2. The van der Waals surface area contributed by atoms with Crippen LogP contribution in [0, 0.1) is 0 Å². The summed E-state index contributed by atoms with van der Waals surface area (Å²) in [5.41, 5.74) is 0. The first-order chi connectivity index (χ1) is 5.98. The van der Waals surface area contributed by atoms with Crippen LogP contribution < -0.4 is 5.32 Å². The molecule has 0 spiro atoms. The number of nitrogens with one attached hydrogen (secondary N) is 1. The summed E-state index contributed by atoms with van der Waals surface area (Å²) < 4.78 is 25.6. The van der Waals surface area contributed by atoms with Crippen LogP contribution >= 0.6 is 0 Å². The highest BCUT2D eigenvalue weighted by atomic mass is 19.3. The number of imide groups is 1. The minimum Gasteiger partial charge on any atom is -0.294 e. The number of carbonyl (C=O) groups is 2. The summed E-state index contributed by atoms with van der Waals surface area (Å²) in [6.07, 6.45) is -0.480. The summed E-state index contributed by atoms with van der Waals surface area (Å²) >= 11 is 0. The lowest BCUT2D eigenvalue weighted by atomic mass is 10.1. The minimum absolute atomic E-state index is 0.105. The Morgan fingerprint density at radius 2 is 2.15 bits per heavy atom. The molecule has 0 aromatic heterocycles. The SMILES string of the molecule is O=C1CN2CC(F)(F)C[C@H]2C(=O)N1. The van der Waals surface area contributed by atoms with Gasteiger partial charge < -0.3 is 0 Å². The van der Waals surface area contributed by atoms with E-state index in [4.69, 9.17) is 0 Å². The molecule has 72 valence electrons. The van der Waals surface area contributed by atoms with Gasteiger partial charge in [0, 0.05) is 6.42 Å². The monoisotopic (exact) mass is 190 g/mol. The molecule has 2 aliphatic rings. The molecule has 6 heteroatoms. The van der Waals surface area contributed by atoms with Crippen LogP contribution in [0.2, 0.25) is 0 Å². The number of nitrogens with zero attached hydrogens (tertiary/aromatic N) is 1. The van der Waals surface area contributed by atoms with Gasteiger partial charge in [-0.1, -0.05) is 0 Å². The molecule has 2 amide bonds. The lowest BCUT2D eigenvalue weighted by molar-refractivity contribution is -0.138. The number of piperazine rings is 1. The van der Waals surface area contributed by atoms with Crippen LogP contribution in [-0.2, 0) is 9.59 Å². The maximum Gasteiger partial charge on any atom is 0.262 e. The fraction of sp³-hybridized carbons (Fsp3) is 0.714. The van der Waals surface area contributed by atoms with Gasteiger partial charge in [0.2, 0.25) is 11.8 Å². The molecule has 0 aromatic rings. The molecule has 0 aliphatic carbocycles. The third-order valence-corrected chi connectivity index (χ3v) is 2.28. The normalized spacial score (nSPS) is 32.9. The molecular formula is C7H8F2N2O2. The average molecular weight is 190 g/mol. The third kappa shape index (κ3) is 1.41. The summed E-state index contributed by atoms with van der Waals surface area (Å²) in [6, 6.07) is -0.826. The second-order valence-electron chi connectivity index (χ2n) is 3.39. The van der Waals surface area contributed by atoms with Crippen molar-refractivity contribution in [2.45, 2.75) is 18.4 Å². The molecule has 1 atom stereocenters. The van der Waals surface area contributed by atoms with E-state index < -0.39 is 36.7 Å². The van der Waals surface area contributed by atoms with Crippen LogP contribution in [0.3, 0.4) is 0 Å². The van der Waals surface area contributed by atoms with Gasteiger partial charge in [-0.15, -0.1) is 0 Å². The van der Waals surface area contributed by atoms with Gasteiger partial charge in [-0.2, -0.15) is 0 Å². The van der Waals surface area contributed by atoms with Crippen molar-refractivity contribution in [3.8, 4) is 0 Å². The Balaban J connectivity index is 2.19. The van der Waals surface area contributed by atoms with E-state index in [-0.39, 0.29) is 6.54 Å². The molecule has 2 heterocycles. The first-order valence-corrected chi connectivity index (χ1v) is 3.93. The molecule has 2 saturated heterocycles. The van der Waals surface area contributed by atoms with E-state index >= 15 is 0 Å². The fourth-order valence-electron chi connectivity index (χ4n) is 1.75. The Labute approximate surface area is 72.9 Å². The number of halogens is 2. The zero-order valence-electron chi connectivity index (χ0n) is 6.72. The fourth-order valence-corrected chi connectivity index (χ4v) is 1.75. The van der Waals surface area contributed by atoms with Crippen LogP contribution in [0.25, 0.3) is 0 Å². The van der Waals surface area contributed by atoms with Crippen molar-refractivity contribution < 1.29 is 18.4 Å². The predicted octanol–water partition coefficient (Wildman–Crippen LogP) is -0.648. The van der Waals surface area contributed by atoms with E-state index in [1.807, 2.05) is 5.32 Å². The number of amides is 2. The zero-order chi connectivity index (χ0) is 9.64. The summed E-state index contributed by atoms with van der Waals surface area (Å²) in [6.45, 7) is -0.594. The first-order valence-electron chi connectivity index (χ1n) is 3.93. The van der Waals surface area contributed by atoms with Gasteiger partial charge in [0.05, 0.1) is 19.1 Å². The van der Waals surface area contributed by atoms with Gasteiger partial charge in [0.25, 0.3) is 5.92 Å². The summed E-state index contributed by atoms with van der Waals surface area (Å²) in [5, 5.41) is 2.04. The number of hydrogen-bond donors (Lipinski definition) is 1. The van der Waals surface area contributed by atoms with Crippen molar-refractivity contribution in [3.63, 3.8) is 0 Å². The molecule has 2 fully saturated rings. The Morgan fingerprint density at radius 3 is 2.85 bits per heavy atom. The molecule has 0 saturated carbocycles. The second kappa shape index (κ2) is 2.47. The van der Waals surface area contributed by atoms with Gasteiger partial charge in [0.15, 0.2) is 0 Å². The molecule has 13 heavy (non-hydrogen) atoms. The van der Waals surface area contributed by atoms with Gasteiger partial charge >= 0.3 is 0 Å². The van der Waals surface area contributed by atoms with Gasteiger partial charge in [0.1, 0.15) is 0 Å². The highest BCUT2D eigenvalue weighted by molar-refractivity contribution is 6.01. The van der Waals surface area contributed by atoms with Crippen LogP contribution in [0.4, 0.5) is 8.78 Å². The lowest BCUT2D eigenvalue weighted by Crippen LogP contribution is -2.55. The number of rotatable bonds is 0. The maximum atomic E-state index is 12.8. The smallest absolute Gasteiger partial charge is 0.262 e. The van der Waals surface area contributed by atoms with E-state index in [9.17, 15) is 18.4 Å². The average Bonchev–Trinajstić information content (AvgIpc) is 2.23. The van der Waals surface area contributed by atoms with Crippen molar-refractivity contribution >= 4 is 11.8 Å². The quantitative estimate of drug-likeness (QED) is 0.516. The molecule has 1 N–H and O–H groups in total. The number of fused-ring (bicyclic) bond motifs is 1. The lowest BCUT2D eigenvalue weighted by Gasteiger charge is -2.26. The highest BCUT2D eigenvalue weighted by Crippen LogP contribution is 2.32. The molecule has 2 aliphatic heterocycles. The topological polar surface area (TPSA) is 49.4 Å². The van der Waals surface area contributed by atoms with Gasteiger partial charge in [-0.3, -0.25) is 19.8 Å². The van der Waals surface area contributed by atoms with E-state index in [0.717, 1.165) is 0 Å². The number of hydrogen-bond acceptors (Lipinski definition) is 3. The van der Waals surface area contributed by atoms with Crippen LogP contribution in [0.15, 0.2) is 0 Å². The molecule has 0 aromatic carbocycles. The Bertz CT molecular complexity index is 280. The summed E-state index contributed by atoms with van der Waals surface area (Å²) in [5.74, 6) is -3.94. The Kier molecular flexibility index (Phi) is 1.63. The van der Waals surface area contributed by atoms with E-state index in [0.29, 0.717) is 0 Å². The van der Waals surface area contributed by atoms with Crippen molar-refractivity contribution in [2.75, 3.05) is 13.1 Å². The van der Waals surface area contributed by atoms with Crippen molar-refractivity contribution in [3.05, 3.63) is 0 Å². The molecule has 4 nitrogen and oxygen atoms in total.